The van der Waals surface area contributed by atoms with E-state index in [1.165, 1.54) is 0 Å². The first kappa shape index (κ1) is 11.5. The van der Waals surface area contributed by atoms with Gasteiger partial charge in [-0.3, -0.25) is 4.79 Å². The molecule has 1 heterocycles. The van der Waals surface area contributed by atoms with Crippen LogP contribution in [0.4, 0.5) is 5.69 Å². The minimum atomic E-state index is -0.977. The van der Waals surface area contributed by atoms with Gasteiger partial charge in [-0.25, -0.2) is 0 Å². The summed E-state index contributed by atoms with van der Waals surface area (Å²) in [4.78, 5) is 12.0. The lowest BCUT2D eigenvalue weighted by atomic mass is 9.85. The number of rotatable bonds is 2. The van der Waals surface area contributed by atoms with Crippen molar-refractivity contribution in [3.8, 4) is 0 Å². The maximum atomic E-state index is 12.0. The van der Waals surface area contributed by atoms with Crippen LogP contribution in [0.2, 0.25) is 0 Å². The fourth-order valence-electron chi connectivity index (χ4n) is 2.38. The van der Waals surface area contributed by atoms with Gasteiger partial charge in [-0.15, -0.1) is 0 Å². The Labute approximate surface area is 111 Å². The van der Waals surface area contributed by atoms with Crippen LogP contribution in [0.3, 0.4) is 0 Å². The number of anilines is 1. The Hall–Kier alpha value is -2.55. The summed E-state index contributed by atoms with van der Waals surface area (Å²) in [6.45, 7) is 0. The molecule has 0 saturated carbocycles. The molecule has 1 unspecified atom stereocenters. The second-order valence-corrected chi connectivity index (χ2v) is 4.58. The van der Waals surface area contributed by atoms with Crippen LogP contribution in [0.5, 0.6) is 0 Å². The lowest BCUT2D eigenvalue weighted by Gasteiger charge is -2.33. The summed E-state index contributed by atoms with van der Waals surface area (Å²) in [5.74, 6) is -0.413. The number of benzene rings is 2. The van der Waals surface area contributed by atoms with Crippen molar-refractivity contribution >= 4 is 17.7 Å². The highest BCUT2D eigenvalue weighted by Gasteiger charge is 2.38. The number of primary amides is 1. The Kier molecular flexibility index (Phi) is 2.60. The molecule has 0 aromatic heterocycles. The molecule has 0 fully saturated rings. The Morgan fingerprint density at radius 1 is 1.00 bits per heavy atom. The maximum Gasteiger partial charge on any atom is 0.251 e. The predicted molar refractivity (Wildman–Crippen MR) is 76.4 cm³/mol. The molecule has 3 N–H and O–H groups in total. The summed E-state index contributed by atoms with van der Waals surface area (Å²) >= 11 is 0. The van der Waals surface area contributed by atoms with E-state index < -0.39 is 11.4 Å². The van der Waals surface area contributed by atoms with Crippen LogP contribution in [0, 0.1) is 0 Å². The number of fused-ring (bicyclic) bond motifs is 1. The van der Waals surface area contributed by atoms with Gasteiger partial charge in [0.15, 0.2) is 5.54 Å². The molecule has 1 aliphatic heterocycles. The van der Waals surface area contributed by atoms with Crippen LogP contribution in [0.1, 0.15) is 11.1 Å². The topological polar surface area (TPSA) is 55.1 Å². The van der Waals surface area contributed by atoms with E-state index in [-0.39, 0.29) is 0 Å². The van der Waals surface area contributed by atoms with Crippen LogP contribution < -0.4 is 11.1 Å². The molecule has 0 spiro atoms. The molecule has 1 aliphatic rings. The van der Waals surface area contributed by atoms with Gasteiger partial charge >= 0.3 is 0 Å². The number of carbonyl (C=O) groups excluding carboxylic acids is 1. The van der Waals surface area contributed by atoms with Gasteiger partial charge in [0, 0.05) is 5.69 Å². The number of nitrogens with one attached hydrogen (secondary N) is 1. The van der Waals surface area contributed by atoms with E-state index in [9.17, 15) is 4.79 Å². The first-order valence-electron chi connectivity index (χ1n) is 6.14. The van der Waals surface area contributed by atoms with Crippen LogP contribution >= 0.6 is 0 Å². The summed E-state index contributed by atoms with van der Waals surface area (Å²) in [6.07, 6.45) is 3.76. The first-order chi connectivity index (χ1) is 9.22. The third kappa shape index (κ3) is 1.80. The average Bonchev–Trinajstić information content (AvgIpc) is 2.47. The van der Waals surface area contributed by atoms with Crippen molar-refractivity contribution in [3.63, 3.8) is 0 Å². The fraction of sp³-hybridized carbons (Fsp3) is 0.0625. The van der Waals surface area contributed by atoms with Gasteiger partial charge in [0.2, 0.25) is 0 Å². The van der Waals surface area contributed by atoms with E-state index >= 15 is 0 Å². The van der Waals surface area contributed by atoms with Gasteiger partial charge in [0.1, 0.15) is 0 Å². The van der Waals surface area contributed by atoms with Gasteiger partial charge in [0.05, 0.1) is 0 Å². The molecular formula is C16H14N2O. The van der Waals surface area contributed by atoms with Gasteiger partial charge in [-0.2, -0.15) is 0 Å². The Bertz CT molecular complexity index is 649. The largest absolute Gasteiger partial charge is 0.367 e. The summed E-state index contributed by atoms with van der Waals surface area (Å²) in [6, 6.07) is 17.3. The van der Waals surface area contributed by atoms with Crippen LogP contribution in [-0.2, 0) is 10.3 Å². The van der Waals surface area contributed by atoms with Crippen molar-refractivity contribution < 1.29 is 4.79 Å². The molecule has 2 aromatic rings. The molecule has 0 radical (unpaired) electrons. The second-order valence-electron chi connectivity index (χ2n) is 4.58. The third-order valence-corrected chi connectivity index (χ3v) is 3.42. The molecule has 0 aliphatic carbocycles. The van der Waals surface area contributed by atoms with Gasteiger partial charge < -0.3 is 11.1 Å². The van der Waals surface area contributed by atoms with E-state index in [1.54, 1.807) is 0 Å². The zero-order valence-corrected chi connectivity index (χ0v) is 10.3. The Morgan fingerprint density at radius 2 is 1.68 bits per heavy atom. The van der Waals surface area contributed by atoms with Gasteiger partial charge in [0.25, 0.3) is 5.91 Å². The SMILES string of the molecule is NC(=O)C1(c2ccccc2)C=Cc2ccccc2N1. The van der Waals surface area contributed by atoms with E-state index in [0.29, 0.717) is 0 Å². The Balaban J connectivity index is 2.14. The van der Waals surface area contributed by atoms with Crippen LogP contribution in [0.25, 0.3) is 6.08 Å². The molecule has 0 bridgehead atoms. The summed E-state index contributed by atoms with van der Waals surface area (Å²) in [7, 11) is 0. The monoisotopic (exact) mass is 250 g/mol. The lowest BCUT2D eigenvalue weighted by molar-refractivity contribution is -0.121. The minimum Gasteiger partial charge on any atom is -0.367 e. The summed E-state index contributed by atoms with van der Waals surface area (Å²) < 4.78 is 0. The molecule has 19 heavy (non-hydrogen) atoms. The molecule has 2 aromatic carbocycles. The van der Waals surface area contributed by atoms with Crippen molar-refractivity contribution in [1.29, 1.82) is 0 Å². The molecular weight excluding hydrogens is 236 g/mol. The average molecular weight is 250 g/mol. The van der Waals surface area contributed by atoms with E-state index in [4.69, 9.17) is 5.73 Å². The molecule has 94 valence electrons. The molecule has 3 heteroatoms. The van der Waals surface area contributed by atoms with Crippen molar-refractivity contribution in [1.82, 2.24) is 0 Å². The van der Waals surface area contributed by atoms with Crippen LogP contribution in [-0.4, -0.2) is 5.91 Å². The highest BCUT2D eigenvalue weighted by molar-refractivity contribution is 5.95. The van der Waals surface area contributed by atoms with Crippen LogP contribution in [0.15, 0.2) is 60.7 Å². The normalized spacial score (nSPS) is 20.4. The fourth-order valence-corrected chi connectivity index (χ4v) is 2.38. The van der Waals surface area contributed by atoms with E-state index in [2.05, 4.69) is 5.32 Å². The number of hydrogen-bond acceptors (Lipinski definition) is 2. The number of carbonyl (C=O) groups is 1. The predicted octanol–water partition coefficient (Wildman–Crippen LogP) is 2.51. The van der Waals surface area contributed by atoms with Crippen molar-refractivity contribution in [3.05, 3.63) is 71.8 Å². The minimum absolute atomic E-state index is 0.413. The quantitative estimate of drug-likeness (QED) is 0.860. The summed E-state index contributed by atoms with van der Waals surface area (Å²) in [5, 5.41) is 3.26. The molecule has 0 saturated heterocycles. The smallest absolute Gasteiger partial charge is 0.251 e. The zero-order chi connectivity index (χ0) is 13.3. The lowest BCUT2D eigenvalue weighted by Crippen LogP contribution is -2.47. The second kappa shape index (κ2) is 4.28. The molecule has 1 atom stereocenters. The van der Waals surface area contributed by atoms with Crippen molar-refractivity contribution in [2.45, 2.75) is 5.54 Å². The zero-order valence-electron chi connectivity index (χ0n) is 10.3. The van der Waals surface area contributed by atoms with Crippen molar-refractivity contribution in [2.24, 2.45) is 5.73 Å². The van der Waals surface area contributed by atoms with Crippen molar-refractivity contribution in [2.75, 3.05) is 5.32 Å². The highest BCUT2D eigenvalue weighted by atomic mass is 16.1. The van der Waals surface area contributed by atoms with E-state index in [0.717, 1.165) is 16.8 Å². The number of hydrogen-bond donors (Lipinski definition) is 2. The highest BCUT2D eigenvalue weighted by Crippen LogP contribution is 2.34. The molecule has 3 rings (SSSR count). The molecule has 3 nitrogen and oxygen atoms in total. The van der Waals surface area contributed by atoms with Gasteiger partial charge in [-0.1, -0.05) is 54.6 Å². The first-order valence-corrected chi connectivity index (χ1v) is 6.14. The maximum absolute atomic E-state index is 12.0. The van der Waals surface area contributed by atoms with E-state index in [1.807, 2.05) is 66.7 Å². The summed E-state index contributed by atoms with van der Waals surface area (Å²) in [5.41, 5.74) is 7.46. The third-order valence-electron chi connectivity index (χ3n) is 3.42. The number of amides is 1. The van der Waals surface area contributed by atoms with Gasteiger partial charge in [-0.05, 0) is 23.3 Å². The Morgan fingerprint density at radius 3 is 2.42 bits per heavy atom. The standard InChI is InChI=1S/C16H14N2O/c17-15(19)16(13-7-2-1-3-8-13)11-10-12-6-4-5-9-14(12)18-16/h1-11,18H,(H2,17,19). The number of para-hydroxylation sites is 1. The number of nitrogens with two attached hydrogens (primary N) is 1. The molecule has 1 amide bonds.